The Bertz CT molecular complexity index is 1290. The standard InChI is InChI=1S/C19H18N6O7.Na/c26-13(27)6-5-12(18(30)31)23-16(28)9-1-3-10(4-2-9)20-7-11-8-21-15-14(22-11)17(29)25-19(32)24-15;/h1-4,8,12,20H,5-7H2,(H,23,28)(H,26,27)(H,30,31)(H2,21,24,25,29,32);/q;+1. The second-order valence-electron chi connectivity index (χ2n) is 6.69. The molecular formula is C19H18N6NaO7+. The van der Waals surface area contributed by atoms with Crippen molar-refractivity contribution in [1.82, 2.24) is 25.3 Å². The van der Waals surface area contributed by atoms with E-state index >= 15 is 0 Å². The number of benzene rings is 1. The first kappa shape index (κ1) is 25.7. The van der Waals surface area contributed by atoms with E-state index in [4.69, 9.17) is 10.2 Å². The molecule has 2 heterocycles. The van der Waals surface area contributed by atoms with Crippen molar-refractivity contribution in [3.05, 3.63) is 62.6 Å². The molecule has 3 aromatic rings. The van der Waals surface area contributed by atoms with Crippen LogP contribution in [0.1, 0.15) is 28.9 Å². The Hall–Kier alpha value is -3.55. The van der Waals surface area contributed by atoms with Crippen molar-refractivity contribution >= 4 is 34.7 Å². The van der Waals surface area contributed by atoms with E-state index < -0.39 is 35.1 Å². The molecule has 3 rings (SSSR count). The number of carbonyl (C=O) groups is 3. The summed E-state index contributed by atoms with van der Waals surface area (Å²) in [6.45, 7) is 0.198. The number of fused-ring (bicyclic) bond motifs is 1. The fourth-order valence-corrected chi connectivity index (χ4v) is 2.76. The number of aromatic nitrogens is 4. The summed E-state index contributed by atoms with van der Waals surface area (Å²) in [6, 6.07) is 4.78. The number of nitrogens with one attached hydrogen (secondary N) is 4. The first-order valence-corrected chi connectivity index (χ1v) is 9.30. The van der Waals surface area contributed by atoms with Crippen LogP contribution >= 0.6 is 0 Å². The summed E-state index contributed by atoms with van der Waals surface area (Å²) < 4.78 is 0. The normalized spacial score (nSPS) is 11.3. The van der Waals surface area contributed by atoms with Gasteiger partial charge < -0.3 is 20.8 Å². The smallest absolute Gasteiger partial charge is 0.481 e. The van der Waals surface area contributed by atoms with Gasteiger partial charge in [-0.3, -0.25) is 24.4 Å². The summed E-state index contributed by atoms with van der Waals surface area (Å²) in [4.78, 5) is 69.8. The van der Waals surface area contributed by atoms with Gasteiger partial charge in [0.1, 0.15) is 6.04 Å². The van der Waals surface area contributed by atoms with Crippen LogP contribution in [0.3, 0.4) is 0 Å². The van der Waals surface area contributed by atoms with E-state index in [1.54, 1.807) is 12.1 Å². The van der Waals surface area contributed by atoms with Crippen molar-refractivity contribution in [1.29, 1.82) is 0 Å². The van der Waals surface area contributed by atoms with Gasteiger partial charge in [0.15, 0.2) is 11.2 Å². The fraction of sp³-hybridized carbons (Fsp3) is 0.211. The number of H-pyrrole nitrogens is 2. The molecular weight excluding hydrogens is 447 g/mol. The Kier molecular flexibility index (Phi) is 8.85. The summed E-state index contributed by atoms with van der Waals surface area (Å²) >= 11 is 0. The molecule has 1 unspecified atom stereocenters. The van der Waals surface area contributed by atoms with Crippen LogP contribution in [-0.4, -0.2) is 54.0 Å². The quantitative estimate of drug-likeness (QED) is 0.173. The first-order chi connectivity index (χ1) is 15.2. The Labute approximate surface area is 207 Å². The third-order valence-electron chi connectivity index (χ3n) is 4.37. The predicted octanol–water partition coefficient (Wildman–Crippen LogP) is -3.33. The van der Waals surface area contributed by atoms with Gasteiger partial charge in [0.25, 0.3) is 11.5 Å². The van der Waals surface area contributed by atoms with Gasteiger partial charge in [0.05, 0.1) is 18.4 Å². The maximum absolute atomic E-state index is 12.3. The number of rotatable bonds is 9. The Balaban J connectivity index is 0.00000385. The molecule has 6 N–H and O–H groups in total. The van der Waals surface area contributed by atoms with Gasteiger partial charge >= 0.3 is 47.2 Å². The van der Waals surface area contributed by atoms with Gasteiger partial charge in [0.2, 0.25) is 0 Å². The van der Waals surface area contributed by atoms with Crippen LogP contribution < -0.4 is 51.4 Å². The average Bonchev–Trinajstić information content (AvgIpc) is 2.75. The monoisotopic (exact) mass is 465 g/mol. The predicted molar refractivity (Wildman–Crippen MR) is 110 cm³/mol. The van der Waals surface area contributed by atoms with Crippen LogP contribution in [0.5, 0.6) is 0 Å². The molecule has 1 amide bonds. The van der Waals surface area contributed by atoms with Gasteiger partial charge in [-0.1, -0.05) is 0 Å². The molecule has 0 bridgehead atoms. The number of amides is 1. The number of carboxylic acids is 2. The molecule has 1 aromatic carbocycles. The number of hydrogen-bond donors (Lipinski definition) is 6. The van der Waals surface area contributed by atoms with Crippen LogP contribution in [-0.2, 0) is 16.1 Å². The molecule has 0 saturated carbocycles. The number of anilines is 1. The zero-order valence-electron chi connectivity index (χ0n) is 17.4. The molecule has 2 aromatic heterocycles. The maximum atomic E-state index is 12.3. The number of carboxylic acid groups (broad SMARTS) is 2. The van der Waals surface area contributed by atoms with Crippen LogP contribution in [0.4, 0.5) is 5.69 Å². The molecule has 0 aliphatic heterocycles. The summed E-state index contributed by atoms with van der Waals surface area (Å²) in [5.74, 6) is -3.13. The molecule has 33 heavy (non-hydrogen) atoms. The SMILES string of the molecule is O=C(O)CCC(NC(=O)c1ccc(NCc2cnc3[nH]c(=O)[nH]c(=O)c3n2)cc1)C(=O)O.[Na+]. The third kappa shape index (κ3) is 6.97. The van der Waals surface area contributed by atoms with Crippen LogP contribution in [0, 0.1) is 0 Å². The molecule has 0 aliphatic carbocycles. The van der Waals surface area contributed by atoms with Gasteiger partial charge in [-0.25, -0.2) is 19.6 Å². The van der Waals surface area contributed by atoms with Crippen LogP contribution in [0.15, 0.2) is 40.1 Å². The van der Waals surface area contributed by atoms with Crippen LogP contribution in [0.25, 0.3) is 11.2 Å². The molecule has 0 aliphatic rings. The van der Waals surface area contributed by atoms with Crippen molar-refractivity contribution in [2.45, 2.75) is 25.4 Å². The number of aliphatic carboxylic acids is 2. The second kappa shape index (κ2) is 11.4. The number of hydrogen-bond acceptors (Lipinski definition) is 8. The minimum Gasteiger partial charge on any atom is -0.481 e. The van der Waals surface area contributed by atoms with E-state index in [0.29, 0.717) is 11.4 Å². The summed E-state index contributed by atoms with van der Waals surface area (Å²) in [7, 11) is 0. The van der Waals surface area contributed by atoms with E-state index in [1.165, 1.54) is 18.3 Å². The zero-order chi connectivity index (χ0) is 23.3. The molecule has 0 radical (unpaired) electrons. The number of nitrogens with zero attached hydrogens (tertiary/aromatic N) is 2. The molecule has 0 saturated heterocycles. The van der Waals surface area contributed by atoms with E-state index in [0.717, 1.165) is 0 Å². The van der Waals surface area contributed by atoms with Crippen molar-refractivity contribution in [2.24, 2.45) is 0 Å². The molecule has 13 nitrogen and oxygen atoms in total. The minimum absolute atomic E-state index is 0. The zero-order valence-corrected chi connectivity index (χ0v) is 19.4. The van der Waals surface area contributed by atoms with Crippen LogP contribution in [0.2, 0.25) is 0 Å². The van der Waals surface area contributed by atoms with E-state index in [9.17, 15) is 24.0 Å². The van der Waals surface area contributed by atoms with E-state index in [1.807, 2.05) is 0 Å². The van der Waals surface area contributed by atoms with Crippen molar-refractivity contribution < 1.29 is 54.2 Å². The number of carbonyl (C=O) groups excluding carboxylic acids is 1. The topological polar surface area (TPSA) is 207 Å². The molecule has 0 spiro atoms. The third-order valence-corrected chi connectivity index (χ3v) is 4.37. The maximum Gasteiger partial charge on any atom is 1.00 e. The Morgan fingerprint density at radius 3 is 2.39 bits per heavy atom. The van der Waals surface area contributed by atoms with Gasteiger partial charge in [-0.15, -0.1) is 0 Å². The van der Waals surface area contributed by atoms with Gasteiger partial charge in [-0.2, -0.15) is 0 Å². The molecule has 1 atom stereocenters. The van der Waals surface area contributed by atoms with Crippen molar-refractivity contribution in [3.63, 3.8) is 0 Å². The van der Waals surface area contributed by atoms with E-state index in [-0.39, 0.29) is 65.7 Å². The molecule has 0 fully saturated rings. The number of aromatic amines is 2. The van der Waals surface area contributed by atoms with Gasteiger partial charge in [-0.05, 0) is 30.7 Å². The van der Waals surface area contributed by atoms with Gasteiger partial charge in [0, 0.05) is 17.7 Å². The summed E-state index contributed by atoms with van der Waals surface area (Å²) in [5, 5.41) is 23.1. The summed E-state index contributed by atoms with van der Waals surface area (Å²) in [5.41, 5.74) is -0.0373. The Morgan fingerprint density at radius 1 is 1.06 bits per heavy atom. The minimum atomic E-state index is -1.32. The Morgan fingerprint density at radius 2 is 1.76 bits per heavy atom. The second-order valence-corrected chi connectivity index (χ2v) is 6.69. The molecule has 166 valence electrons. The fourth-order valence-electron chi connectivity index (χ4n) is 2.76. The first-order valence-electron chi connectivity index (χ1n) is 9.30. The van der Waals surface area contributed by atoms with E-state index in [2.05, 4.69) is 30.6 Å². The average molecular weight is 465 g/mol. The summed E-state index contributed by atoms with van der Waals surface area (Å²) in [6.07, 6.45) is 0.773. The largest absolute Gasteiger partial charge is 1.00 e. The van der Waals surface area contributed by atoms with Crippen molar-refractivity contribution in [2.75, 3.05) is 5.32 Å². The molecule has 14 heteroatoms. The van der Waals surface area contributed by atoms with Crippen molar-refractivity contribution in [3.8, 4) is 0 Å².